The van der Waals surface area contributed by atoms with E-state index in [-0.39, 0.29) is 30.0 Å². The third-order valence-corrected chi connectivity index (χ3v) is 3.51. The molecule has 110 valence electrons. The molecule has 1 aromatic heterocycles. The SMILES string of the molecule is CN=C(NCc1sc(C)nc1C)NC(C)COC.I. The average Bonchev–Trinajstić information content (AvgIpc) is 2.63. The number of ether oxygens (including phenoxy) is 1. The van der Waals surface area contributed by atoms with Crippen LogP contribution in [0.1, 0.15) is 22.5 Å². The van der Waals surface area contributed by atoms with Crippen LogP contribution in [0.5, 0.6) is 0 Å². The fourth-order valence-electron chi connectivity index (χ4n) is 1.62. The van der Waals surface area contributed by atoms with E-state index in [9.17, 15) is 0 Å². The Morgan fingerprint density at radius 3 is 2.63 bits per heavy atom. The van der Waals surface area contributed by atoms with Gasteiger partial charge in [0.15, 0.2) is 5.96 Å². The van der Waals surface area contributed by atoms with E-state index in [2.05, 4.69) is 27.5 Å². The summed E-state index contributed by atoms with van der Waals surface area (Å²) in [5, 5.41) is 7.64. The largest absolute Gasteiger partial charge is 0.383 e. The zero-order chi connectivity index (χ0) is 13.5. The molecule has 0 aliphatic carbocycles. The lowest BCUT2D eigenvalue weighted by molar-refractivity contribution is 0.179. The van der Waals surface area contributed by atoms with E-state index >= 15 is 0 Å². The maximum Gasteiger partial charge on any atom is 0.191 e. The van der Waals surface area contributed by atoms with Crippen molar-refractivity contribution in [1.82, 2.24) is 15.6 Å². The standard InChI is InChI=1S/C12H22N4OS.HI/c1-8(7-17-5)15-12(13-4)14-6-11-9(2)16-10(3)18-11;/h8H,6-7H2,1-5H3,(H2,13,14,15);1H. The molecule has 1 aromatic rings. The first-order valence-electron chi connectivity index (χ1n) is 5.95. The van der Waals surface area contributed by atoms with Crippen LogP contribution in [-0.2, 0) is 11.3 Å². The highest BCUT2D eigenvalue weighted by atomic mass is 127. The summed E-state index contributed by atoms with van der Waals surface area (Å²) in [7, 11) is 3.46. The van der Waals surface area contributed by atoms with E-state index in [1.54, 1.807) is 25.5 Å². The minimum absolute atomic E-state index is 0. The smallest absolute Gasteiger partial charge is 0.191 e. The first-order chi connectivity index (χ1) is 8.56. The van der Waals surface area contributed by atoms with E-state index in [0.717, 1.165) is 23.2 Å². The third kappa shape index (κ3) is 6.53. The highest BCUT2D eigenvalue weighted by Gasteiger charge is 2.07. The molecule has 7 heteroatoms. The van der Waals surface area contributed by atoms with Crippen molar-refractivity contribution in [2.24, 2.45) is 4.99 Å². The second-order valence-electron chi connectivity index (χ2n) is 4.17. The minimum Gasteiger partial charge on any atom is -0.383 e. The van der Waals surface area contributed by atoms with Crippen molar-refractivity contribution < 1.29 is 4.74 Å². The van der Waals surface area contributed by atoms with Gasteiger partial charge in [0.2, 0.25) is 0 Å². The highest BCUT2D eigenvalue weighted by molar-refractivity contribution is 14.0. The van der Waals surface area contributed by atoms with Crippen LogP contribution in [0, 0.1) is 13.8 Å². The first-order valence-corrected chi connectivity index (χ1v) is 6.77. The fraction of sp³-hybridized carbons (Fsp3) is 0.667. The molecule has 1 rings (SSSR count). The van der Waals surface area contributed by atoms with Gasteiger partial charge in [-0.3, -0.25) is 4.99 Å². The predicted molar refractivity (Wildman–Crippen MR) is 91.7 cm³/mol. The zero-order valence-electron chi connectivity index (χ0n) is 12.1. The van der Waals surface area contributed by atoms with E-state index in [0.29, 0.717) is 6.61 Å². The highest BCUT2D eigenvalue weighted by Crippen LogP contribution is 2.16. The molecule has 0 aromatic carbocycles. The molecule has 0 spiro atoms. The Morgan fingerprint density at radius 1 is 1.47 bits per heavy atom. The lowest BCUT2D eigenvalue weighted by Crippen LogP contribution is -2.43. The van der Waals surface area contributed by atoms with Crippen LogP contribution in [0.4, 0.5) is 0 Å². The van der Waals surface area contributed by atoms with Gasteiger partial charge in [-0.05, 0) is 20.8 Å². The van der Waals surface area contributed by atoms with E-state index < -0.39 is 0 Å². The first kappa shape index (κ1) is 18.6. The van der Waals surface area contributed by atoms with Gasteiger partial charge in [0.1, 0.15) is 0 Å². The molecular weight excluding hydrogens is 375 g/mol. The molecule has 2 N–H and O–H groups in total. The second kappa shape index (κ2) is 9.49. The molecule has 19 heavy (non-hydrogen) atoms. The number of aliphatic imine (C=N–C) groups is 1. The van der Waals surface area contributed by atoms with Gasteiger partial charge in [-0.1, -0.05) is 0 Å². The third-order valence-electron chi connectivity index (χ3n) is 2.44. The number of guanidine groups is 1. The maximum atomic E-state index is 5.08. The van der Waals surface area contributed by atoms with Crippen LogP contribution < -0.4 is 10.6 Å². The summed E-state index contributed by atoms with van der Waals surface area (Å²) in [5.41, 5.74) is 1.09. The molecule has 0 bridgehead atoms. The number of methoxy groups -OCH3 is 1. The van der Waals surface area contributed by atoms with E-state index in [1.165, 1.54) is 4.88 Å². The van der Waals surface area contributed by atoms with Crippen LogP contribution in [0.15, 0.2) is 4.99 Å². The number of thiazole rings is 1. The van der Waals surface area contributed by atoms with E-state index in [1.807, 2.05) is 13.8 Å². The van der Waals surface area contributed by atoms with Crippen molar-refractivity contribution >= 4 is 41.3 Å². The summed E-state index contributed by atoms with van der Waals surface area (Å²) in [6.07, 6.45) is 0. The predicted octanol–water partition coefficient (Wildman–Crippen LogP) is 2.08. The van der Waals surface area contributed by atoms with Gasteiger partial charge in [0, 0.05) is 25.1 Å². The van der Waals surface area contributed by atoms with Crippen LogP contribution >= 0.6 is 35.3 Å². The topological polar surface area (TPSA) is 58.5 Å². The quantitative estimate of drug-likeness (QED) is 0.453. The Labute approximate surface area is 136 Å². The number of nitrogens with zero attached hydrogens (tertiary/aromatic N) is 2. The summed E-state index contributed by atoms with van der Waals surface area (Å²) in [6.45, 7) is 7.51. The number of hydrogen-bond acceptors (Lipinski definition) is 4. The molecule has 1 heterocycles. The fourth-order valence-corrected chi connectivity index (χ4v) is 2.50. The van der Waals surface area contributed by atoms with Gasteiger partial charge in [0.25, 0.3) is 0 Å². The zero-order valence-corrected chi connectivity index (χ0v) is 15.3. The average molecular weight is 398 g/mol. The van der Waals surface area contributed by atoms with Crippen LogP contribution in [0.2, 0.25) is 0 Å². The molecule has 0 fully saturated rings. The van der Waals surface area contributed by atoms with Crippen molar-refractivity contribution in [3.8, 4) is 0 Å². The molecule has 1 atom stereocenters. The Hall–Kier alpha value is -0.410. The number of hydrogen-bond donors (Lipinski definition) is 2. The number of aromatic nitrogens is 1. The number of rotatable bonds is 5. The summed E-state index contributed by atoms with van der Waals surface area (Å²) in [5.74, 6) is 0.782. The Morgan fingerprint density at radius 2 is 2.16 bits per heavy atom. The Bertz CT molecular complexity index is 408. The summed E-state index contributed by atoms with van der Waals surface area (Å²) in [4.78, 5) is 9.83. The minimum atomic E-state index is 0. The van der Waals surface area contributed by atoms with Gasteiger partial charge in [0.05, 0.1) is 23.9 Å². The van der Waals surface area contributed by atoms with Crippen LogP contribution in [0.25, 0.3) is 0 Å². The molecule has 0 aliphatic heterocycles. The Kier molecular flexibility index (Phi) is 9.28. The normalized spacial score (nSPS) is 12.8. The van der Waals surface area contributed by atoms with Crippen molar-refractivity contribution in [2.45, 2.75) is 33.4 Å². The lowest BCUT2D eigenvalue weighted by atomic mass is 10.3. The molecule has 0 saturated carbocycles. The van der Waals surface area contributed by atoms with E-state index in [4.69, 9.17) is 4.74 Å². The number of halogens is 1. The van der Waals surface area contributed by atoms with Gasteiger partial charge < -0.3 is 15.4 Å². The summed E-state index contributed by atoms with van der Waals surface area (Å²) < 4.78 is 5.08. The lowest BCUT2D eigenvalue weighted by Gasteiger charge is -2.16. The van der Waals surface area contributed by atoms with Gasteiger partial charge >= 0.3 is 0 Å². The molecule has 5 nitrogen and oxygen atoms in total. The van der Waals surface area contributed by atoms with Crippen LogP contribution in [0.3, 0.4) is 0 Å². The van der Waals surface area contributed by atoms with Gasteiger partial charge in [-0.15, -0.1) is 35.3 Å². The Balaban J connectivity index is 0.00000324. The van der Waals surface area contributed by atoms with Gasteiger partial charge in [-0.25, -0.2) is 4.98 Å². The number of aryl methyl sites for hydroxylation is 2. The van der Waals surface area contributed by atoms with Crippen molar-refractivity contribution in [2.75, 3.05) is 20.8 Å². The van der Waals surface area contributed by atoms with Crippen LogP contribution in [-0.4, -0.2) is 37.7 Å². The molecule has 0 saturated heterocycles. The second-order valence-corrected chi connectivity index (χ2v) is 5.46. The molecule has 1 unspecified atom stereocenters. The van der Waals surface area contributed by atoms with Gasteiger partial charge in [-0.2, -0.15) is 0 Å². The van der Waals surface area contributed by atoms with Crippen molar-refractivity contribution in [3.63, 3.8) is 0 Å². The monoisotopic (exact) mass is 398 g/mol. The molecule has 0 amide bonds. The number of nitrogens with one attached hydrogen (secondary N) is 2. The molecule has 0 radical (unpaired) electrons. The summed E-state index contributed by atoms with van der Waals surface area (Å²) >= 11 is 1.71. The molecular formula is C12H23IN4OS. The maximum absolute atomic E-state index is 5.08. The molecule has 0 aliphatic rings. The van der Waals surface area contributed by atoms with Crippen molar-refractivity contribution in [3.05, 3.63) is 15.6 Å². The summed E-state index contributed by atoms with van der Waals surface area (Å²) in [6, 6.07) is 0.227. The van der Waals surface area contributed by atoms with Crippen molar-refractivity contribution in [1.29, 1.82) is 0 Å².